The van der Waals surface area contributed by atoms with Crippen molar-refractivity contribution < 1.29 is 0 Å². The summed E-state index contributed by atoms with van der Waals surface area (Å²) in [6, 6.07) is 0. The van der Waals surface area contributed by atoms with Crippen LogP contribution in [0.4, 0.5) is 0 Å². The lowest BCUT2D eigenvalue weighted by atomic mass is 10.1. The summed E-state index contributed by atoms with van der Waals surface area (Å²) in [7, 11) is 1.78. The van der Waals surface area contributed by atoms with Crippen molar-refractivity contribution in [2.24, 2.45) is 13.0 Å². The Labute approximate surface area is 82.1 Å². The number of hydrogen-bond acceptors (Lipinski definition) is 1. The van der Waals surface area contributed by atoms with Crippen LogP contribution in [0.5, 0.6) is 0 Å². The molecule has 3 heteroatoms. The molecule has 0 amide bonds. The molecule has 2 rings (SSSR count). The van der Waals surface area contributed by atoms with E-state index in [2.05, 4.69) is 24.1 Å². The Morgan fingerprint density at radius 1 is 1.57 bits per heavy atom. The molecule has 14 heavy (non-hydrogen) atoms. The molecule has 0 radical (unpaired) electrons. The van der Waals surface area contributed by atoms with E-state index in [-0.39, 0.29) is 5.69 Å². The van der Waals surface area contributed by atoms with Crippen LogP contribution >= 0.6 is 0 Å². The molecule has 1 atom stereocenters. The van der Waals surface area contributed by atoms with E-state index in [0.29, 0.717) is 5.92 Å². The molecule has 1 aliphatic rings. The summed E-state index contributed by atoms with van der Waals surface area (Å²) in [6.07, 6.45) is 9.23. The largest absolute Gasteiger partial charge is 0.326 e. The molecular weight excluding hydrogens is 176 g/mol. The molecular formula is C11H14N2O. The van der Waals surface area contributed by atoms with Crippen LogP contribution in [-0.4, -0.2) is 9.55 Å². The van der Waals surface area contributed by atoms with E-state index < -0.39 is 0 Å². The molecule has 0 saturated heterocycles. The Balaban J connectivity index is 2.84. The summed E-state index contributed by atoms with van der Waals surface area (Å²) >= 11 is 0. The number of aromatic nitrogens is 2. The summed E-state index contributed by atoms with van der Waals surface area (Å²) in [6.45, 7) is 2.14. The van der Waals surface area contributed by atoms with Crippen LogP contribution in [0.3, 0.4) is 0 Å². The molecule has 1 aromatic heterocycles. The molecule has 0 aliphatic heterocycles. The van der Waals surface area contributed by atoms with Crippen molar-refractivity contribution >= 4 is 12.2 Å². The minimum absolute atomic E-state index is 0.0509. The highest BCUT2D eigenvalue weighted by molar-refractivity contribution is 5.38. The van der Waals surface area contributed by atoms with Crippen LogP contribution in [0.2, 0.25) is 0 Å². The van der Waals surface area contributed by atoms with Crippen LogP contribution in [0, 0.1) is 5.92 Å². The lowest BCUT2D eigenvalue weighted by Crippen LogP contribution is -2.30. The Bertz CT molecular complexity index is 531. The van der Waals surface area contributed by atoms with E-state index in [0.717, 1.165) is 17.1 Å². The molecule has 1 heterocycles. The van der Waals surface area contributed by atoms with Gasteiger partial charge in [0.2, 0.25) is 0 Å². The van der Waals surface area contributed by atoms with E-state index in [9.17, 15) is 4.79 Å². The zero-order valence-corrected chi connectivity index (χ0v) is 8.45. The third-order valence-electron chi connectivity index (χ3n) is 2.53. The first-order chi connectivity index (χ1) is 6.68. The smallest absolute Gasteiger partial charge is 0.306 e. The maximum atomic E-state index is 11.4. The molecule has 1 aromatic rings. The Kier molecular flexibility index (Phi) is 2.15. The highest BCUT2D eigenvalue weighted by atomic mass is 16.1. The number of fused-ring (bicyclic) bond motifs is 1. The van der Waals surface area contributed by atoms with Gasteiger partial charge in [-0.1, -0.05) is 25.2 Å². The average Bonchev–Trinajstić information content (AvgIpc) is 2.35. The molecule has 0 bridgehead atoms. The standard InChI is InChI=1S/C11H14N2O/c1-8-5-3-4-6-10-9(7-8)12-11(14)13(10)2/h3-4,6-8H,5H2,1-2H3,(H,12,14)/b4-3+,9-7+,10-6+. The van der Waals surface area contributed by atoms with Crippen molar-refractivity contribution in [2.75, 3.05) is 0 Å². The van der Waals surface area contributed by atoms with Crippen LogP contribution in [0.25, 0.3) is 12.2 Å². The third kappa shape index (κ3) is 1.45. The third-order valence-corrected chi connectivity index (χ3v) is 2.53. The van der Waals surface area contributed by atoms with Crippen molar-refractivity contribution in [1.29, 1.82) is 0 Å². The number of allylic oxidation sites excluding steroid dienone is 2. The van der Waals surface area contributed by atoms with Gasteiger partial charge in [0, 0.05) is 7.05 Å². The molecule has 0 aromatic carbocycles. The number of H-pyrrole nitrogens is 1. The number of aromatic amines is 1. The monoisotopic (exact) mass is 190 g/mol. The molecule has 3 nitrogen and oxygen atoms in total. The van der Waals surface area contributed by atoms with Crippen LogP contribution in [-0.2, 0) is 7.05 Å². The summed E-state index contributed by atoms with van der Waals surface area (Å²) in [5.74, 6) is 0.469. The second kappa shape index (κ2) is 3.33. The van der Waals surface area contributed by atoms with E-state index in [1.807, 2.05) is 12.2 Å². The van der Waals surface area contributed by atoms with Gasteiger partial charge in [-0.15, -0.1) is 0 Å². The van der Waals surface area contributed by atoms with Crippen molar-refractivity contribution in [2.45, 2.75) is 13.3 Å². The molecule has 0 spiro atoms. The highest BCUT2D eigenvalue weighted by Crippen LogP contribution is 2.04. The minimum Gasteiger partial charge on any atom is -0.306 e. The van der Waals surface area contributed by atoms with Crippen molar-refractivity contribution in [3.63, 3.8) is 0 Å². The van der Waals surface area contributed by atoms with Crippen LogP contribution in [0.15, 0.2) is 16.9 Å². The Morgan fingerprint density at radius 3 is 3.14 bits per heavy atom. The molecule has 1 unspecified atom stereocenters. The van der Waals surface area contributed by atoms with Crippen molar-refractivity contribution in [3.8, 4) is 0 Å². The van der Waals surface area contributed by atoms with Gasteiger partial charge < -0.3 is 4.98 Å². The molecule has 0 fully saturated rings. The summed E-state index contributed by atoms with van der Waals surface area (Å²) in [4.78, 5) is 14.2. The fourth-order valence-corrected chi connectivity index (χ4v) is 1.69. The zero-order valence-electron chi connectivity index (χ0n) is 8.45. The predicted molar refractivity (Wildman–Crippen MR) is 57.1 cm³/mol. The van der Waals surface area contributed by atoms with Gasteiger partial charge >= 0.3 is 5.69 Å². The molecule has 0 saturated carbocycles. The van der Waals surface area contributed by atoms with Gasteiger partial charge in [0.25, 0.3) is 0 Å². The number of nitrogens with one attached hydrogen (secondary N) is 1. The van der Waals surface area contributed by atoms with Gasteiger partial charge in [0.15, 0.2) is 0 Å². The number of imidazole rings is 1. The van der Waals surface area contributed by atoms with Gasteiger partial charge in [-0.2, -0.15) is 0 Å². The average molecular weight is 190 g/mol. The summed E-state index contributed by atoms with van der Waals surface area (Å²) in [5, 5.41) is 1.90. The van der Waals surface area contributed by atoms with E-state index in [1.54, 1.807) is 11.6 Å². The van der Waals surface area contributed by atoms with Gasteiger partial charge in [-0.3, -0.25) is 4.57 Å². The van der Waals surface area contributed by atoms with Crippen molar-refractivity contribution in [3.05, 3.63) is 33.3 Å². The van der Waals surface area contributed by atoms with Gasteiger partial charge in [0.05, 0.1) is 10.7 Å². The molecule has 1 aliphatic carbocycles. The first kappa shape index (κ1) is 9.06. The molecule has 1 N–H and O–H groups in total. The summed E-state index contributed by atoms with van der Waals surface area (Å²) in [5.41, 5.74) is -0.0509. The SMILES string of the molecule is CC1/C=c2/[nH]c(=O)n(C)/c2=C/C=C/C1. The second-order valence-corrected chi connectivity index (χ2v) is 3.76. The fourth-order valence-electron chi connectivity index (χ4n) is 1.69. The number of hydrogen-bond donors (Lipinski definition) is 1. The molecule has 74 valence electrons. The Hall–Kier alpha value is -1.51. The Morgan fingerprint density at radius 2 is 2.36 bits per heavy atom. The topological polar surface area (TPSA) is 37.8 Å². The van der Waals surface area contributed by atoms with Gasteiger partial charge in [-0.05, 0) is 18.4 Å². The summed E-state index contributed by atoms with van der Waals surface area (Å²) < 4.78 is 1.63. The van der Waals surface area contributed by atoms with Crippen LogP contribution < -0.4 is 16.4 Å². The van der Waals surface area contributed by atoms with E-state index >= 15 is 0 Å². The van der Waals surface area contributed by atoms with Gasteiger partial charge in [-0.25, -0.2) is 4.79 Å². The van der Waals surface area contributed by atoms with Crippen LogP contribution in [0.1, 0.15) is 13.3 Å². The van der Waals surface area contributed by atoms with E-state index in [1.165, 1.54) is 0 Å². The van der Waals surface area contributed by atoms with Crippen molar-refractivity contribution in [1.82, 2.24) is 9.55 Å². The maximum Gasteiger partial charge on any atom is 0.326 e. The lowest BCUT2D eigenvalue weighted by molar-refractivity contribution is 0.781. The second-order valence-electron chi connectivity index (χ2n) is 3.76. The highest BCUT2D eigenvalue weighted by Gasteiger charge is 2.01. The number of nitrogens with zero attached hydrogens (tertiary/aromatic N) is 1. The normalized spacial score (nSPS) is 27.4. The number of rotatable bonds is 0. The zero-order chi connectivity index (χ0) is 10.1. The predicted octanol–water partition coefficient (Wildman–Crippen LogP) is -0.130. The first-order valence-corrected chi connectivity index (χ1v) is 4.82. The minimum atomic E-state index is -0.0509. The quantitative estimate of drug-likeness (QED) is 0.608. The maximum absolute atomic E-state index is 11.4. The van der Waals surface area contributed by atoms with Gasteiger partial charge in [0.1, 0.15) is 0 Å². The first-order valence-electron chi connectivity index (χ1n) is 4.82. The lowest BCUT2D eigenvalue weighted by Gasteiger charge is -2.01. The van der Waals surface area contributed by atoms with E-state index in [4.69, 9.17) is 0 Å². The fraction of sp³-hybridized carbons (Fsp3) is 0.364.